The van der Waals surface area contributed by atoms with Crippen molar-refractivity contribution < 1.29 is 9.53 Å². The quantitative estimate of drug-likeness (QED) is 0.816. The molecule has 1 unspecified atom stereocenters. The first kappa shape index (κ1) is 20.1. The monoisotopic (exact) mass is 405 g/mol. The van der Waals surface area contributed by atoms with E-state index >= 15 is 0 Å². The Bertz CT molecular complexity index is 718. The van der Waals surface area contributed by atoms with Crippen molar-refractivity contribution in [2.45, 2.75) is 44.1 Å². The first-order valence-electron chi connectivity index (χ1n) is 10.6. The molecule has 2 bridgehead atoms. The summed E-state index contributed by atoms with van der Waals surface area (Å²) in [6.45, 7) is 3.47. The predicted octanol–water partition coefficient (Wildman–Crippen LogP) is 3.22. The Morgan fingerprint density at radius 3 is 2.54 bits per heavy atom. The zero-order chi connectivity index (χ0) is 18.6. The minimum Gasteiger partial charge on any atom is -0.373 e. The maximum absolute atomic E-state index is 11.7. The Hall–Kier alpha value is -1.17. The standard InChI is InChI=1S/C22H31N3O2.ClH/c1-27-22(17-5-6-24-20(10-17)21(23)26)18-3-2-4-19(22)13-25(12-18)11-14-7-15-9-16(15)8-14;/h5-6,10,14-16,18-19H,2-4,7-9,11-13H2,1H3,(H2,23,26);1H/t14-,15+,16-,18-,19+,22?;. The predicted molar refractivity (Wildman–Crippen MR) is 110 cm³/mol. The number of hydrogen-bond acceptors (Lipinski definition) is 4. The number of piperidine rings is 1. The smallest absolute Gasteiger partial charge is 0.267 e. The van der Waals surface area contributed by atoms with Crippen molar-refractivity contribution in [3.8, 4) is 0 Å². The van der Waals surface area contributed by atoms with Crippen LogP contribution in [0.5, 0.6) is 0 Å². The van der Waals surface area contributed by atoms with Crippen LogP contribution in [0.3, 0.4) is 0 Å². The van der Waals surface area contributed by atoms with E-state index in [9.17, 15) is 4.79 Å². The van der Waals surface area contributed by atoms with Crippen LogP contribution < -0.4 is 5.73 Å². The number of ether oxygens (including phenoxy) is 1. The lowest BCUT2D eigenvalue weighted by molar-refractivity contribution is -0.170. The zero-order valence-corrected chi connectivity index (χ0v) is 17.5. The van der Waals surface area contributed by atoms with Gasteiger partial charge in [0.15, 0.2) is 0 Å². The summed E-state index contributed by atoms with van der Waals surface area (Å²) in [7, 11) is 1.84. The van der Waals surface area contributed by atoms with Crippen LogP contribution in [-0.4, -0.2) is 42.5 Å². The Labute approximate surface area is 173 Å². The van der Waals surface area contributed by atoms with Crippen molar-refractivity contribution >= 4 is 18.3 Å². The van der Waals surface area contributed by atoms with E-state index in [0.29, 0.717) is 17.5 Å². The van der Waals surface area contributed by atoms with Crippen molar-refractivity contribution in [2.75, 3.05) is 26.7 Å². The van der Waals surface area contributed by atoms with Crippen molar-refractivity contribution in [3.63, 3.8) is 0 Å². The second-order valence-corrected chi connectivity index (χ2v) is 9.43. The number of carbonyl (C=O) groups is 1. The molecule has 1 aromatic heterocycles. The molecule has 2 heterocycles. The third kappa shape index (κ3) is 3.25. The summed E-state index contributed by atoms with van der Waals surface area (Å²) in [5, 5.41) is 0. The van der Waals surface area contributed by atoms with Crippen LogP contribution >= 0.6 is 12.4 Å². The van der Waals surface area contributed by atoms with Gasteiger partial charge in [-0.3, -0.25) is 9.78 Å². The van der Waals surface area contributed by atoms with E-state index in [-0.39, 0.29) is 18.0 Å². The van der Waals surface area contributed by atoms with Gasteiger partial charge in [0.05, 0.1) is 0 Å². The molecule has 4 aliphatic rings. The molecule has 1 amide bonds. The molecule has 4 fully saturated rings. The van der Waals surface area contributed by atoms with Crippen molar-refractivity contribution in [3.05, 3.63) is 29.6 Å². The normalized spacial score (nSPS) is 39.1. The van der Waals surface area contributed by atoms with E-state index in [1.807, 2.05) is 19.2 Å². The summed E-state index contributed by atoms with van der Waals surface area (Å²) in [4.78, 5) is 18.5. The minimum atomic E-state index is -0.467. The fourth-order valence-corrected chi connectivity index (χ4v) is 6.76. The molecule has 6 atom stereocenters. The molecular formula is C22H32ClN3O2. The highest BCUT2D eigenvalue weighted by molar-refractivity contribution is 5.90. The number of nitrogens with two attached hydrogens (primary N) is 1. The summed E-state index contributed by atoms with van der Waals surface area (Å²) >= 11 is 0. The molecule has 0 radical (unpaired) electrons. The molecule has 2 N–H and O–H groups in total. The summed E-state index contributed by atoms with van der Waals surface area (Å²) in [5.74, 6) is 3.49. The third-order valence-corrected chi connectivity index (χ3v) is 7.93. The number of aromatic nitrogens is 1. The number of hydrogen-bond donors (Lipinski definition) is 1. The summed E-state index contributed by atoms with van der Waals surface area (Å²) in [6.07, 6.45) is 9.77. The molecule has 154 valence electrons. The van der Waals surface area contributed by atoms with Crippen LogP contribution in [0.25, 0.3) is 0 Å². The molecule has 6 heteroatoms. The highest BCUT2D eigenvalue weighted by Gasteiger charge is 2.54. The maximum atomic E-state index is 11.7. The molecule has 1 aliphatic heterocycles. The molecule has 3 saturated carbocycles. The van der Waals surface area contributed by atoms with E-state index in [1.54, 1.807) is 6.20 Å². The molecule has 1 aromatic rings. The van der Waals surface area contributed by atoms with E-state index < -0.39 is 5.91 Å². The maximum Gasteiger partial charge on any atom is 0.267 e. The average Bonchev–Trinajstić information content (AvgIpc) is 3.27. The lowest BCUT2D eigenvalue weighted by Crippen LogP contribution is -2.59. The van der Waals surface area contributed by atoms with Crippen LogP contribution in [0.1, 0.15) is 54.6 Å². The summed E-state index contributed by atoms with van der Waals surface area (Å²) in [5.41, 5.74) is 6.61. The number of fused-ring (bicyclic) bond motifs is 3. The van der Waals surface area contributed by atoms with Crippen LogP contribution in [0, 0.1) is 29.6 Å². The second kappa shape index (κ2) is 7.58. The highest BCUT2D eigenvalue weighted by Crippen LogP contribution is 2.55. The molecule has 0 spiro atoms. The van der Waals surface area contributed by atoms with Crippen molar-refractivity contribution in [1.82, 2.24) is 9.88 Å². The van der Waals surface area contributed by atoms with Gasteiger partial charge >= 0.3 is 0 Å². The lowest BCUT2D eigenvalue weighted by Gasteiger charge is -2.55. The van der Waals surface area contributed by atoms with Gasteiger partial charge in [0.2, 0.25) is 0 Å². The number of carbonyl (C=O) groups excluding carboxylic acids is 1. The summed E-state index contributed by atoms with van der Waals surface area (Å²) in [6, 6.07) is 3.90. The zero-order valence-electron chi connectivity index (χ0n) is 16.7. The van der Waals surface area contributed by atoms with Gasteiger partial charge in [0, 0.05) is 44.8 Å². The van der Waals surface area contributed by atoms with Gasteiger partial charge in [0.1, 0.15) is 11.3 Å². The Morgan fingerprint density at radius 1 is 1.25 bits per heavy atom. The van der Waals surface area contributed by atoms with E-state index in [2.05, 4.69) is 9.88 Å². The Balaban J connectivity index is 0.00000192. The van der Waals surface area contributed by atoms with Gasteiger partial charge in [-0.2, -0.15) is 0 Å². The molecule has 5 nitrogen and oxygen atoms in total. The fourth-order valence-electron chi connectivity index (χ4n) is 6.76. The van der Waals surface area contributed by atoms with Crippen LogP contribution in [0.2, 0.25) is 0 Å². The largest absolute Gasteiger partial charge is 0.373 e. The first-order chi connectivity index (χ1) is 13.1. The Kier molecular flexibility index (Phi) is 5.45. The van der Waals surface area contributed by atoms with Crippen LogP contribution in [0.15, 0.2) is 18.3 Å². The number of nitrogens with zero attached hydrogens (tertiary/aromatic N) is 2. The highest BCUT2D eigenvalue weighted by atomic mass is 35.5. The minimum absolute atomic E-state index is 0. The molecule has 1 saturated heterocycles. The molecule has 28 heavy (non-hydrogen) atoms. The lowest BCUT2D eigenvalue weighted by atomic mass is 9.62. The number of amides is 1. The fraction of sp³-hybridized carbons (Fsp3) is 0.727. The molecule has 3 aliphatic carbocycles. The number of pyridine rings is 1. The summed E-state index contributed by atoms with van der Waals surface area (Å²) < 4.78 is 6.30. The number of halogens is 1. The Morgan fingerprint density at radius 2 is 1.93 bits per heavy atom. The van der Waals surface area contributed by atoms with Crippen LogP contribution in [0.4, 0.5) is 0 Å². The van der Waals surface area contributed by atoms with E-state index in [1.165, 1.54) is 45.1 Å². The van der Waals surface area contributed by atoms with Gasteiger partial charge in [0.25, 0.3) is 5.91 Å². The average molecular weight is 406 g/mol. The van der Waals surface area contributed by atoms with Crippen molar-refractivity contribution in [1.29, 1.82) is 0 Å². The van der Waals surface area contributed by atoms with E-state index in [4.69, 9.17) is 10.5 Å². The van der Waals surface area contributed by atoms with Gasteiger partial charge in [-0.1, -0.05) is 6.42 Å². The number of primary amides is 1. The number of rotatable bonds is 5. The number of methoxy groups -OCH3 is 1. The molecule has 0 aromatic carbocycles. The van der Waals surface area contributed by atoms with E-state index in [0.717, 1.165) is 36.4 Å². The topological polar surface area (TPSA) is 68.5 Å². The molecule has 5 rings (SSSR count). The SMILES string of the molecule is COC1(c2ccnc(C(N)=O)c2)[C@@H]2CCC[C@H]1CN(C[C@H]1C[C@@H]3C[C@@H]3C1)C2.Cl. The van der Waals surface area contributed by atoms with Gasteiger partial charge < -0.3 is 15.4 Å². The van der Waals surface area contributed by atoms with Gasteiger partial charge in [-0.15, -0.1) is 12.4 Å². The molecular weight excluding hydrogens is 374 g/mol. The third-order valence-electron chi connectivity index (χ3n) is 7.93. The van der Waals surface area contributed by atoms with Gasteiger partial charge in [-0.05, 0) is 67.6 Å². The van der Waals surface area contributed by atoms with Gasteiger partial charge in [-0.25, -0.2) is 0 Å². The van der Waals surface area contributed by atoms with Crippen LogP contribution in [-0.2, 0) is 10.3 Å². The van der Waals surface area contributed by atoms with Crippen molar-refractivity contribution in [2.24, 2.45) is 35.3 Å². The number of likely N-dealkylation sites (tertiary alicyclic amines) is 1. The second-order valence-electron chi connectivity index (χ2n) is 9.43. The first-order valence-corrected chi connectivity index (χ1v) is 10.6.